The quantitative estimate of drug-likeness (QED) is 0.100. The number of nitrogens with zero attached hydrogens (tertiary/aromatic N) is 2. The molecule has 0 aliphatic heterocycles. The number of nitrogens with one attached hydrogen (secondary N) is 1. The van der Waals surface area contributed by atoms with Crippen LogP contribution in [0, 0.1) is 5.41 Å². The predicted molar refractivity (Wildman–Crippen MR) is 148 cm³/mol. The maximum atomic E-state index is 13.4. The zero-order valence-electron chi connectivity index (χ0n) is 22.5. The Kier molecular flexibility index (Phi) is 9.86. The number of hydroxylamine groups is 1. The molecule has 0 spiro atoms. The first-order valence-corrected chi connectivity index (χ1v) is 12.5. The molecule has 0 fully saturated rings. The van der Waals surface area contributed by atoms with Gasteiger partial charge in [-0.3, -0.25) is 14.6 Å². The number of rotatable bonds is 10. The standard InChI is InChI=1S/C30H33F4N3O2/c1-5-22(10-8-9-17-31)29(2,3)20-39-36-28(35-4)25-19-37(26-12-7-6-11-24(26)27(25)38)18-21-13-15-23(16-14-21)30(32,33)34/h5-9,11-16,19H,10,17-18,20H2,1-4H3,(H,35,36)/b9-8-,22-5+. The van der Waals surface area contributed by atoms with Crippen LogP contribution in [0.4, 0.5) is 17.6 Å². The van der Waals surface area contributed by atoms with Crippen molar-refractivity contribution in [2.75, 3.05) is 20.3 Å². The van der Waals surface area contributed by atoms with Crippen LogP contribution in [0.5, 0.6) is 0 Å². The molecule has 0 unspecified atom stereocenters. The number of pyridine rings is 1. The van der Waals surface area contributed by atoms with E-state index < -0.39 is 18.4 Å². The van der Waals surface area contributed by atoms with Crippen molar-refractivity contribution in [1.82, 2.24) is 10.0 Å². The summed E-state index contributed by atoms with van der Waals surface area (Å²) >= 11 is 0. The third-order valence-corrected chi connectivity index (χ3v) is 6.51. The van der Waals surface area contributed by atoms with E-state index in [9.17, 15) is 22.4 Å². The Morgan fingerprint density at radius 1 is 1.08 bits per heavy atom. The van der Waals surface area contributed by atoms with Crippen molar-refractivity contribution in [2.24, 2.45) is 10.4 Å². The minimum Gasteiger partial charge on any atom is -0.342 e. The van der Waals surface area contributed by atoms with Gasteiger partial charge in [-0.1, -0.05) is 61.9 Å². The van der Waals surface area contributed by atoms with Crippen molar-refractivity contribution in [1.29, 1.82) is 0 Å². The fourth-order valence-corrected chi connectivity index (χ4v) is 4.30. The predicted octanol–water partition coefficient (Wildman–Crippen LogP) is 6.85. The number of allylic oxidation sites excluding steroid dienone is 3. The highest BCUT2D eigenvalue weighted by Gasteiger charge is 2.30. The van der Waals surface area contributed by atoms with Gasteiger partial charge in [0.25, 0.3) is 0 Å². The largest absolute Gasteiger partial charge is 0.416 e. The molecule has 5 nitrogen and oxygen atoms in total. The highest BCUT2D eigenvalue weighted by molar-refractivity contribution is 6.00. The van der Waals surface area contributed by atoms with Gasteiger partial charge in [0.2, 0.25) is 0 Å². The lowest BCUT2D eigenvalue weighted by Gasteiger charge is -2.27. The minimum atomic E-state index is -4.42. The average molecular weight is 544 g/mol. The summed E-state index contributed by atoms with van der Waals surface area (Å²) in [5, 5.41) is 0.445. The van der Waals surface area contributed by atoms with Gasteiger partial charge in [0.1, 0.15) is 6.67 Å². The molecule has 3 aromatic rings. The van der Waals surface area contributed by atoms with E-state index in [4.69, 9.17) is 4.84 Å². The van der Waals surface area contributed by atoms with Gasteiger partial charge < -0.3 is 4.57 Å². The van der Waals surface area contributed by atoms with E-state index >= 15 is 0 Å². The zero-order valence-corrected chi connectivity index (χ0v) is 22.5. The highest BCUT2D eigenvalue weighted by atomic mass is 19.4. The normalized spacial score (nSPS) is 13.4. The Labute approximate surface area is 225 Å². The summed E-state index contributed by atoms with van der Waals surface area (Å²) in [5.41, 5.74) is 4.07. The van der Waals surface area contributed by atoms with Gasteiger partial charge in [0.05, 0.1) is 23.3 Å². The van der Waals surface area contributed by atoms with Crippen molar-refractivity contribution in [2.45, 2.75) is 39.9 Å². The first-order valence-electron chi connectivity index (χ1n) is 12.5. The van der Waals surface area contributed by atoms with Crippen LogP contribution in [0.2, 0.25) is 0 Å². The molecule has 0 saturated heterocycles. The van der Waals surface area contributed by atoms with Crippen LogP contribution in [0.25, 0.3) is 10.9 Å². The van der Waals surface area contributed by atoms with E-state index in [2.05, 4.69) is 10.5 Å². The number of halogens is 4. The maximum absolute atomic E-state index is 13.4. The number of alkyl halides is 4. The lowest BCUT2D eigenvalue weighted by atomic mass is 9.83. The van der Waals surface area contributed by atoms with E-state index in [1.54, 1.807) is 41.1 Å². The van der Waals surface area contributed by atoms with Gasteiger partial charge in [0.15, 0.2) is 11.3 Å². The number of benzene rings is 2. The molecule has 2 aromatic carbocycles. The minimum absolute atomic E-state index is 0.224. The summed E-state index contributed by atoms with van der Waals surface area (Å²) in [5.74, 6) is 0.224. The van der Waals surface area contributed by atoms with Gasteiger partial charge in [-0.25, -0.2) is 9.87 Å². The highest BCUT2D eigenvalue weighted by Crippen LogP contribution is 2.30. The summed E-state index contributed by atoms with van der Waals surface area (Å²) in [6.07, 6.45) is 3.02. The van der Waals surface area contributed by atoms with Crippen molar-refractivity contribution in [3.63, 3.8) is 0 Å². The number of hydrogen-bond acceptors (Lipinski definition) is 3. The number of fused-ring (bicyclic) bond motifs is 1. The molecule has 0 radical (unpaired) electrons. The third kappa shape index (κ3) is 7.44. The Morgan fingerprint density at radius 2 is 1.77 bits per heavy atom. The smallest absolute Gasteiger partial charge is 0.342 e. The van der Waals surface area contributed by atoms with Gasteiger partial charge >= 0.3 is 6.18 Å². The Hall–Kier alpha value is -3.72. The monoisotopic (exact) mass is 543 g/mol. The molecule has 0 atom stereocenters. The first kappa shape index (κ1) is 29.8. The number of hydrogen-bond donors (Lipinski definition) is 1. The van der Waals surface area contributed by atoms with Crippen LogP contribution in [0.15, 0.2) is 88.3 Å². The molecular weight excluding hydrogens is 510 g/mol. The molecule has 0 aliphatic rings. The molecule has 1 aromatic heterocycles. The van der Waals surface area contributed by atoms with Gasteiger partial charge in [-0.15, -0.1) is 0 Å². The molecule has 0 aliphatic carbocycles. The van der Waals surface area contributed by atoms with E-state index in [1.807, 2.05) is 26.8 Å². The molecule has 0 amide bonds. The Morgan fingerprint density at radius 3 is 2.38 bits per heavy atom. The lowest BCUT2D eigenvalue weighted by Crippen LogP contribution is -2.34. The molecule has 1 heterocycles. The zero-order chi connectivity index (χ0) is 28.6. The molecule has 9 heteroatoms. The number of aromatic nitrogens is 1. The summed E-state index contributed by atoms with van der Waals surface area (Å²) in [7, 11) is 1.53. The molecular formula is C30H33F4N3O2. The summed E-state index contributed by atoms with van der Waals surface area (Å²) in [4.78, 5) is 23.4. The third-order valence-electron chi connectivity index (χ3n) is 6.51. The SMILES string of the molecule is C/C=C(\C/C=C\CF)C(C)(C)CONC(=NC)c1cn(Cc2ccc(C(F)(F)F)cc2)c2ccccc2c1=O. The van der Waals surface area contributed by atoms with Crippen LogP contribution >= 0.6 is 0 Å². The molecule has 3 rings (SSSR count). The van der Waals surface area contributed by atoms with Crippen molar-refractivity contribution >= 4 is 16.7 Å². The summed E-state index contributed by atoms with van der Waals surface area (Å²) in [6, 6.07) is 12.0. The fraction of sp³-hybridized carbons (Fsp3) is 0.333. The molecule has 208 valence electrons. The molecule has 39 heavy (non-hydrogen) atoms. The van der Waals surface area contributed by atoms with E-state index in [0.717, 1.165) is 17.7 Å². The summed E-state index contributed by atoms with van der Waals surface area (Å²) in [6.45, 7) is 5.90. The van der Waals surface area contributed by atoms with Gasteiger partial charge in [-0.05, 0) is 43.2 Å². The average Bonchev–Trinajstić information content (AvgIpc) is 2.90. The molecule has 0 bridgehead atoms. The second kappa shape index (κ2) is 12.9. The number of amidine groups is 1. The second-order valence-electron chi connectivity index (χ2n) is 9.70. The van der Waals surface area contributed by atoms with Crippen LogP contribution < -0.4 is 10.9 Å². The Balaban J connectivity index is 1.87. The topological polar surface area (TPSA) is 55.6 Å². The van der Waals surface area contributed by atoms with Crippen molar-refractivity contribution < 1.29 is 22.4 Å². The first-order chi connectivity index (χ1) is 18.5. The van der Waals surface area contributed by atoms with Crippen molar-refractivity contribution in [3.8, 4) is 0 Å². The Bertz CT molecular complexity index is 1420. The molecule has 1 N–H and O–H groups in total. The van der Waals surface area contributed by atoms with Crippen molar-refractivity contribution in [3.05, 3.63) is 105 Å². The van der Waals surface area contributed by atoms with E-state index in [-0.39, 0.29) is 35.4 Å². The number of aliphatic imine (C=N–C) groups is 1. The van der Waals surface area contributed by atoms with Crippen LogP contribution in [0.1, 0.15) is 43.9 Å². The van der Waals surface area contributed by atoms with Gasteiger partial charge in [0, 0.05) is 30.6 Å². The summed E-state index contributed by atoms with van der Waals surface area (Å²) < 4.78 is 53.3. The fourth-order valence-electron chi connectivity index (χ4n) is 4.30. The van der Waals surface area contributed by atoms with Crippen LogP contribution in [-0.2, 0) is 17.6 Å². The van der Waals surface area contributed by atoms with Crippen LogP contribution in [0.3, 0.4) is 0 Å². The second-order valence-corrected chi connectivity index (χ2v) is 9.70. The number of para-hydroxylation sites is 1. The van der Waals surface area contributed by atoms with Crippen LogP contribution in [-0.4, -0.2) is 30.7 Å². The molecule has 0 saturated carbocycles. The van der Waals surface area contributed by atoms with Gasteiger partial charge in [-0.2, -0.15) is 13.2 Å². The van der Waals surface area contributed by atoms with E-state index in [0.29, 0.717) is 22.9 Å². The van der Waals surface area contributed by atoms with E-state index in [1.165, 1.54) is 25.3 Å². The lowest BCUT2D eigenvalue weighted by molar-refractivity contribution is -0.137. The maximum Gasteiger partial charge on any atom is 0.416 e.